The van der Waals surface area contributed by atoms with Gasteiger partial charge in [-0.3, -0.25) is 4.79 Å². The topological polar surface area (TPSA) is 20.3 Å². The van der Waals surface area contributed by atoms with Crippen LogP contribution in [0.5, 0.6) is 0 Å². The van der Waals surface area contributed by atoms with Crippen LogP contribution in [0.3, 0.4) is 0 Å². The van der Waals surface area contributed by atoms with Gasteiger partial charge in [-0.25, -0.2) is 4.39 Å². The number of amides is 1. The molecule has 0 heterocycles. The Bertz CT molecular complexity index is 411. The number of nitrogens with zero attached hydrogens (tertiary/aromatic N) is 1. The zero-order valence-electron chi connectivity index (χ0n) is 9.71. The number of hydrogen-bond donors (Lipinski definition) is 0. The molecule has 0 aliphatic rings. The molecular formula is C12H14BrClFNO. The van der Waals surface area contributed by atoms with Gasteiger partial charge in [0.2, 0.25) is 0 Å². The van der Waals surface area contributed by atoms with Crippen molar-refractivity contribution in [3.8, 4) is 0 Å². The van der Waals surface area contributed by atoms with Gasteiger partial charge in [-0.2, -0.15) is 0 Å². The molecule has 0 aromatic heterocycles. The van der Waals surface area contributed by atoms with Crippen molar-refractivity contribution in [2.24, 2.45) is 0 Å². The molecule has 1 rings (SSSR count). The predicted molar refractivity (Wildman–Crippen MR) is 71.4 cm³/mol. The molecule has 0 bridgehead atoms. The van der Waals surface area contributed by atoms with Crippen LogP contribution in [0, 0.1) is 5.82 Å². The van der Waals surface area contributed by atoms with E-state index in [1.165, 1.54) is 17.0 Å². The third-order valence-corrected chi connectivity index (χ3v) is 3.14. The first-order valence-corrected chi connectivity index (χ1v) is 6.56. The summed E-state index contributed by atoms with van der Waals surface area (Å²) in [5.41, 5.74) is 0.0159. The fourth-order valence-corrected chi connectivity index (χ4v) is 1.73. The third kappa shape index (κ3) is 3.96. The van der Waals surface area contributed by atoms with Crippen LogP contribution < -0.4 is 0 Å². The number of benzene rings is 1. The van der Waals surface area contributed by atoms with Crippen molar-refractivity contribution < 1.29 is 9.18 Å². The molecule has 17 heavy (non-hydrogen) atoms. The van der Waals surface area contributed by atoms with E-state index in [1.807, 2.05) is 6.92 Å². The number of halogens is 3. The molecule has 1 amide bonds. The Morgan fingerprint density at radius 3 is 2.82 bits per heavy atom. The SMILES string of the molecule is CC(Br)CCN(C)C(=O)c1cccc(Cl)c1F. The lowest BCUT2D eigenvalue weighted by Gasteiger charge is -2.18. The Morgan fingerprint density at radius 2 is 2.24 bits per heavy atom. The van der Waals surface area contributed by atoms with Gasteiger partial charge in [0.15, 0.2) is 5.82 Å². The van der Waals surface area contributed by atoms with E-state index >= 15 is 0 Å². The normalized spacial score (nSPS) is 12.3. The van der Waals surface area contributed by atoms with Crippen LogP contribution in [-0.2, 0) is 0 Å². The number of hydrogen-bond acceptors (Lipinski definition) is 1. The summed E-state index contributed by atoms with van der Waals surface area (Å²) in [6, 6.07) is 4.44. The second kappa shape index (κ2) is 6.36. The molecule has 0 N–H and O–H groups in total. The second-order valence-electron chi connectivity index (χ2n) is 3.90. The highest BCUT2D eigenvalue weighted by Gasteiger charge is 2.17. The van der Waals surface area contributed by atoms with Crippen LogP contribution in [0.4, 0.5) is 4.39 Å². The first kappa shape index (κ1) is 14.5. The molecule has 5 heteroatoms. The Morgan fingerprint density at radius 1 is 1.59 bits per heavy atom. The first-order chi connectivity index (χ1) is 7.93. The molecule has 0 fully saturated rings. The van der Waals surface area contributed by atoms with E-state index < -0.39 is 5.82 Å². The summed E-state index contributed by atoms with van der Waals surface area (Å²) in [7, 11) is 1.65. The van der Waals surface area contributed by atoms with Crippen molar-refractivity contribution in [3.05, 3.63) is 34.6 Å². The summed E-state index contributed by atoms with van der Waals surface area (Å²) in [6.07, 6.45) is 0.810. The van der Waals surface area contributed by atoms with Gasteiger partial charge in [-0.1, -0.05) is 40.5 Å². The largest absolute Gasteiger partial charge is 0.342 e. The molecule has 0 spiro atoms. The van der Waals surface area contributed by atoms with E-state index in [-0.39, 0.29) is 16.5 Å². The van der Waals surface area contributed by atoms with E-state index in [1.54, 1.807) is 13.1 Å². The number of carbonyl (C=O) groups is 1. The van der Waals surface area contributed by atoms with Gasteiger partial charge in [0.1, 0.15) is 0 Å². The van der Waals surface area contributed by atoms with Crippen LogP contribution in [-0.4, -0.2) is 29.2 Å². The summed E-state index contributed by atoms with van der Waals surface area (Å²) in [4.78, 5) is 13.8. The molecule has 94 valence electrons. The second-order valence-corrected chi connectivity index (χ2v) is 5.87. The summed E-state index contributed by atoms with van der Waals surface area (Å²) in [5.74, 6) is -1.00. The van der Waals surface area contributed by atoms with Crippen molar-refractivity contribution in [2.45, 2.75) is 18.2 Å². The molecule has 2 nitrogen and oxygen atoms in total. The molecule has 1 aromatic carbocycles. The van der Waals surface area contributed by atoms with Gasteiger partial charge >= 0.3 is 0 Å². The quantitative estimate of drug-likeness (QED) is 0.774. The lowest BCUT2D eigenvalue weighted by atomic mass is 10.2. The maximum Gasteiger partial charge on any atom is 0.256 e. The number of rotatable bonds is 4. The van der Waals surface area contributed by atoms with Crippen LogP contribution in [0.25, 0.3) is 0 Å². The van der Waals surface area contributed by atoms with Gasteiger partial charge in [-0.15, -0.1) is 0 Å². The monoisotopic (exact) mass is 321 g/mol. The van der Waals surface area contributed by atoms with E-state index in [4.69, 9.17) is 11.6 Å². The smallest absolute Gasteiger partial charge is 0.256 e. The molecule has 0 aliphatic carbocycles. The summed E-state index contributed by atoms with van der Waals surface area (Å²) in [6.45, 7) is 2.56. The first-order valence-electron chi connectivity index (χ1n) is 5.27. The predicted octanol–water partition coefficient (Wildman–Crippen LogP) is 3.72. The highest BCUT2D eigenvalue weighted by atomic mass is 79.9. The highest BCUT2D eigenvalue weighted by Crippen LogP contribution is 2.19. The van der Waals surface area contributed by atoms with E-state index in [0.717, 1.165) is 6.42 Å². The lowest BCUT2D eigenvalue weighted by Crippen LogP contribution is -2.29. The van der Waals surface area contributed by atoms with Crippen molar-refractivity contribution in [3.63, 3.8) is 0 Å². The van der Waals surface area contributed by atoms with Gasteiger partial charge in [0, 0.05) is 18.4 Å². The number of carbonyl (C=O) groups excluding carboxylic acids is 1. The standard InChI is InChI=1S/C12H14BrClFNO/c1-8(13)6-7-16(2)12(17)9-4-3-5-10(14)11(9)15/h3-5,8H,6-7H2,1-2H3. The van der Waals surface area contributed by atoms with Gasteiger partial charge in [0.25, 0.3) is 5.91 Å². The van der Waals surface area contributed by atoms with Crippen molar-refractivity contribution in [1.82, 2.24) is 4.90 Å². The zero-order valence-corrected chi connectivity index (χ0v) is 12.1. The van der Waals surface area contributed by atoms with Crippen LogP contribution in [0.1, 0.15) is 23.7 Å². The van der Waals surface area contributed by atoms with E-state index in [0.29, 0.717) is 11.4 Å². The maximum absolute atomic E-state index is 13.6. The molecule has 0 saturated carbocycles. The Kier molecular flexibility index (Phi) is 5.40. The average Bonchev–Trinajstić information content (AvgIpc) is 2.28. The van der Waals surface area contributed by atoms with E-state index in [2.05, 4.69) is 15.9 Å². The van der Waals surface area contributed by atoms with Gasteiger partial charge in [-0.05, 0) is 18.6 Å². The Labute approximate surface area is 114 Å². The Hall–Kier alpha value is -0.610. The fraction of sp³-hybridized carbons (Fsp3) is 0.417. The van der Waals surface area contributed by atoms with E-state index in [9.17, 15) is 9.18 Å². The molecule has 0 aliphatic heterocycles. The minimum absolute atomic E-state index is 0.0159. The Balaban J connectivity index is 2.78. The minimum atomic E-state index is -0.655. The molecule has 1 atom stereocenters. The summed E-state index contributed by atoms with van der Waals surface area (Å²) in [5, 5.41) is -0.0295. The van der Waals surface area contributed by atoms with Crippen molar-refractivity contribution in [2.75, 3.05) is 13.6 Å². The molecule has 0 radical (unpaired) electrons. The molecule has 0 saturated heterocycles. The molecular weight excluding hydrogens is 308 g/mol. The van der Waals surface area contributed by atoms with Crippen molar-refractivity contribution >= 4 is 33.4 Å². The lowest BCUT2D eigenvalue weighted by molar-refractivity contribution is 0.0789. The maximum atomic E-state index is 13.6. The van der Waals surface area contributed by atoms with Crippen molar-refractivity contribution in [1.29, 1.82) is 0 Å². The third-order valence-electron chi connectivity index (χ3n) is 2.39. The summed E-state index contributed by atoms with van der Waals surface area (Å²) < 4.78 is 13.6. The van der Waals surface area contributed by atoms with Crippen LogP contribution >= 0.6 is 27.5 Å². The summed E-state index contributed by atoms with van der Waals surface area (Å²) >= 11 is 9.04. The van der Waals surface area contributed by atoms with Gasteiger partial charge < -0.3 is 4.90 Å². The van der Waals surface area contributed by atoms with Crippen LogP contribution in [0.15, 0.2) is 18.2 Å². The fourth-order valence-electron chi connectivity index (χ4n) is 1.35. The van der Waals surface area contributed by atoms with Gasteiger partial charge in [0.05, 0.1) is 10.6 Å². The average molecular weight is 323 g/mol. The molecule has 1 aromatic rings. The van der Waals surface area contributed by atoms with Crippen LogP contribution in [0.2, 0.25) is 5.02 Å². The number of alkyl halides is 1. The highest BCUT2D eigenvalue weighted by molar-refractivity contribution is 9.09. The minimum Gasteiger partial charge on any atom is -0.342 e. The zero-order chi connectivity index (χ0) is 13.0. The molecule has 1 unspecified atom stereocenters.